The fourth-order valence-corrected chi connectivity index (χ4v) is 2.81. The van der Waals surface area contributed by atoms with Crippen molar-refractivity contribution in [2.75, 3.05) is 39.5 Å². The first-order valence-corrected chi connectivity index (χ1v) is 9.75. The molecule has 1 aromatic carbocycles. The minimum atomic E-state index is 0. The molecule has 0 amide bonds. The number of halogens is 1. The van der Waals surface area contributed by atoms with Gasteiger partial charge in [0.25, 0.3) is 0 Å². The van der Waals surface area contributed by atoms with E-state index in [0.717, 1.165) is 69.4 Å². The lowest BCUT2D eigenvalue weighted by atomic mass is 10.1. The average Bonchev–Trinajstić information content (AvgIpc) is 2.68. The van der Waals surface area contributed by atoms with E-state index in [-0.39, 0.29) is 24.0 Å². The first-order valence-electron chi connectivity index (χ1n) is 9.75. The van der Waals surface area contributed by atoms with E-state index in [1.54, 1.807) is 0 Å². The van der Waals surface area contributed by atoms with Crippen molar-refractivity contribution in [1.82, 2.24) is 10.6 Å². The number of nitrogens with zero attached hydrogens (tertiary/aromatic N) is 1. The molecule has 0 bridgehead atoms. The Morgan fingerprint density at radius 3 is 2.70 bits per heavy atom. The van der Waals surface area contributed by atoms with Crippen LogP contribution in [0.4, 0.5) is 0 Å². The van der Waals surface area contributed by atoms with Crippen LogP contribution in [0.5, 0.6) is 5.75 Å². The number of nitrogens with one attached hydrogen (secondary N) is 2. The van der Waals surface area contributed by atoms with Gasteiger partial charge in [-0.15, -0.1) is 24.0 Å². The van der Waals surface area contributed by atoms with Gasteiger partial charge < -0.3 is 24.8 Å². The summed E-state index contributed by atoms with van der Waals surface area (Å²) in [5, 5.41) is 6.66. The zero-order chi connectivity index (χ0) is 18.5. The maximum atomic E-state index is 5.90. The van der Waals surface area contributed by atoms with Gasteiger partial charge in [-0.2, -0.15) is 0 Å². The third-order valence-corrected chi connectivity index (χ3v) is 4.16. The summed E-state index contributed by atoms with van der Waals surface area (Å²) < 4.78 is 16.9. The minimum absolute atomic E-state index is 0. The Morgan fingerprint density at radius 2 is 1.96 bits per heavy atom. The summed E-state index contributed by atoms with van der Waals surface area (Å²) in [7, 11) is 0. The molecule has 0 saturated carbocycles. The van der Waals surface area contributed by atoms with Crippen LogP contribution in [0.2, 0.25) is 0 Å². The number of hydrogen-bond acceptors (Lipinski definition) is 4. The van der Waals surface area contributed by atoms with Crippen LogP contribution in [0.15, 0.2) is 29.3 Å². The molecule has 0 aromatic heterocycles. The molecule has 154 valence electrons. The number of hydrogen-bond donors (Lipinski definition) is 2. The summed E-state index contributed by atoms with van der Waals surface area (Å²) in [4.78, 5) is 4.67. The minimum Gasteiger partial charge on any atom is -0.494 e. The van der Waals surface area contributed by atoms with Crippen LogP contribution >= 0.6 is 24.0 Å². The topological polar surface area (TPSA) is 64.1 Å². The monoisotopic (exact) mass is 491 g/mol. The molecule has 0 spiro atoms. The highest BCUT2D eigenvalue weighted by molar-refractivity contribution is 14.0. The molecule has 0 atom stereocenters. The fourth-order valence-electron chi connectivity index (χ4n) is 2.81. The lowest BCUT2D eigenvalue weighted by molar-refractivity contribution is -0.0320. The van der Waals surface area contributed by atoms with Crippen molar-refractivity contribution >= 4 is 29.9 Å². The van der Waals surface area contributed by atoms with E-state index in [1.807, 2.05) is 25.1 Å². The largest absolute Gasteiger partial charge is 0.494 e. The van der Waals surface area contributed by atoms with Crippen molar-refractivity contribution in [3.63, 3.8) is 0 Å². The van der Waals surface area contributed by atoms with Gasteiger partial charge in [0.15, 0.2) is 5.96 Å². The Balaban J connectivity index is 0.00000364. The summed E-state index contributed by atoms with van der Waals surface area (Å²) in [6, 6.07) is 8.05. The van der Waals surface area contributed by atoms with Gasteiger partial charge in [-0.3, -0.25) is 0 Å². The van der Waals surface area contributed by atoms with Crippen molar-refractivity contribution in [1.29, 1.82) is 0 Å². The van der Waals surface area contributed by atoms with Crippen LogP contribution in [0.1, 0.15) is 38.7 Å². The molecule has 7 heteroatoms. The molecule has 1 aliphatic heterocycles. The Hall–Kier alpha value is -1.06. The lowest BCUT2D eigenvalue weighted by Crippen LogP contribution is -2.38. The SMILES string of the molecule is CCNC(=NCc1ccccc1OCC)NCCCOC1CCOCC1.I. The molecule has 0 unspecified atom stereocenters. The maximum Gasteiger partial charge on any atom is 0.191 e. The average molecular weight is 491 g/mol. The molecule has 1 saturated heterocycles. The number of guanidine groups is 1. The van der Waals surface area contributed by atoms with E-state index in [9.17, 15) is 0 Å². The molecular formula is C20H34IN3O3. The van der Waals surface area contributed by atoms with Crippen molar-refractivity contribution < 1.29 is 14.2 Å². The van der Waals surface area contributed by atoms with Crippen LogP contribution < -0.4 is 15.4 Å². The summed E-state index contributed by atoms with van der Waals surface area (Å²) in [5.41, 5.74) is 1.09. The van der Waals surface area contributed by atoms with Crippen LogP contribution in [0.25, 0.3) is 0 Å². The van der Waals surface area contributed by atoms with Gasteiger partial charge in [0.05, 0.1) is 19.3 Å². The summed E-state index contributed by atoms with van der Waals surface area (Å²) in [6.07, 6.45) is 3.34. The van der Waals surface area contributed by atoms with E-state index in [4.69, 9.17) is 14.2 Å². The number of benzene rings is 1. The number of ether oxygens (including phenoxy) is 3. The van der Waals surface area contributed by atoms with Crippen molar-refractivity contribution in [2.45, 2.75) is 45.8 Å². The standard InChI is InChI=1S/C20H33N3O3.HI/c1-3-21-20(22-12-7-13-26-18-10-14-24-15-11-18)23-16-17-8-5-6-9-19(17)25-4-2;/h5-6,8-9,18H,3-4,7,10-16H2,1-2H3,(H2,21,22,23);1H. The summed E-state index contributed by atoms with van der Waals surface area (Å²) in [6.45, 7) is 9.39. The van der Waals surface area contributed by atoms with Crippen LogP contribution in [0, 0.1) is 0 Å². The van der Waals surface area contributed by atoms with Crippen LogP contribution in [-0.4, -0.2) is 51.6 Å². The molecule has 6 nitrogen and oxygen atoms in total. The Morgan fingerprint density at radius 1 is 1.19 bits per heavy atom. The molecule has 1 heterocycles. The number of aliphatic imine (C=N–C) groups is 1. The second-order valence-corrected chi connectivity index (χ2v) is 6.20. The van der Waals surface area contributed by atoms with Gasteiger partial charge in [-0.1, -0.05) is 18.2 Å². The maximum absolute atomic E-state index is 5.90. The molecule has 0 radical (unpaired) electrons. The third kappa shape index (κ3) is 9.62. The first kappa shape index (κ1) is 24.0. The highest BCUT2D eigenvalue weighted by atomic mass is 127. The molecule has 2 rings (SSSR count). The van der Waals surface area contributed by atoms with Gasteiger partial charge in [0.2, 0.25) is 0 Å². The number of rotatable bonds is 10. The third-order valence-electron chi connectivity index (χ3n) is 4.16. The van der Waals surface area contributed by atoms with Crippen LogP contribution in [-0.2, 0) is 16.0 Å². The summed E-state index contributed by atoms with van der Waals surface area (Å²) >= 11 is 0. The predicted octanol–water partition coefficient (Wildman–Crippen LogP) is 3.34. The Kier molecular flexibility index (Phi) is 13.3. The van der Waals surface area contributed by atoms with E-state index in [0.29, 0.717) is 19.3 Å². The van der Waals surface area contributed by atoms with Crippen molar-refractivity contribution in [3.05, 3.63) is 29.8 Å². The smallest absolute Gasteiger partial charge is 0.191 e. The van der Waals surface area contributed by atoms with E-state index in [1.165, 1.54) is 0 Å². The Labute approximate surface area is 180 Å². The highest BCUT2D eigenvalue weighted by Crippen LogP contribution is 2.18. The zero-order valence-electron chi connectivity index (χ0n) is 16.5. The van der Waals surface area contributed by atoms with Crippen molar-refractivity contribution in [3.8, 4) is 5.75 Å². The van der Waals surface area contributed by atoms with E-state index < -0.39 is 0 Å². The highest BCUT2D eigenvalue weighted by Gasteiger charge is 2.13. The second kappa shape index (κ2) is 14.9. The predicted molar refractivity (Wildman–Crippen MR) is 120 cm³/mol. The fraction of sp³-hybridized carbons (Fsp3) is 0.650. The first-order chi connectivity index (χ1) is 12.8. The van der Waals surface area contributed by atoms with E-state index >= 15 is 0 Å². The molecule has 1 aliphatic rings. The van der Waals surface area contributed by atoms with Crippen molar-refractivity contribution in [2.24, 2.45) is 4.99 Å². The quantitative estimate of drug-likeness (QED) is 0.228. The van der Waals surface area contributed by atoms with Gasteiger partial charge in [0.1, 0.15) is 5.75 Å². The van der Waals surface area contributed by atoms with Gasteiger partial charge in [-0.25, -0.2) is 4.99 Å². The Bertz CT molecular complexity index is 537. The second-order valence-electron chi connectivity index (χ2n) is 6.20. The molecule has 27 heavy (non-hydrogen) atoms. The van der Waals surface area contributed by atoms with Gasteiger partial charge >= 0.3 is 0 Å². The van der Waals surface area contributed by atoms with E-state index in [2.05, 4.69) is 28.6 Å². The number of para-hydroxylation sites is 1. The molecule has 1 fully saturated rings. The molecule has 1 aromatic rings. The zero-order valence-corrected chi connectivity index (χ0v) is 18.9. The molecule has 0 aliphatic carbocycles. The van der Waals surface area contributed by atoms with Gasteiger partial charge in [0, 0.05) is 38.5 Å². The molecular weight excluding hydrogens is 457 g/mol. The normalized spacial score (nSPS) is 15.1. The van der Waals surface area contributed by atoms with Gasteiger partial charge in [-0.05, 0) is 39.2 Å². The van der Waals surface area contributed by atoms with Crippen LogP contribution in [0.3, 0.4) is 0 Å². The lowest BCUT2D eigenvalue weighted by Gasteiger charge is -2.22. The molecule has 2 N–H and O–H groups in total. The summed E-state index contributed by atoms with van der Waals surface area (Å²) in [5.74, 6) is 1.73.